The highest BCUT2D eigenvalue weighted by molar-refractivity contribution is 5.95. The fourth-order valence-corrected chi connectivity index (χ4v) is 1.53. The van der Waals surface area contributed by atoms with Crippen molar-refractivity contribution in [2.45, 2.75) is 18.4 Å². The van der Waals surface area contributed by atoms with Crippen LogP contribution in [0.2, 0.25) is 0 Å². The normalized spacial score (nSPS) is 16.1. The summed E-state index contributed by atoms with van der Waals surface area (Å²) in [6.07, 6.45) is 2.18. The van der Waals surface area contributed by atoms with E-state index >= 15 is 0 Å². The van der Waals surface area contributed by atoms with E-state index in [1.54, 1.807) is 0 Å². The van der Waals surface area contributed by atoms with Crippen LogP contribution in [-0.4, -0.2) is 33.1 Å². The van der Waals surface area contributed by atoms with E-state index < -0.39 is 21.9 Å². The first-order valence-corrected chi connectivity index (χ1v) is 5.28. The second-order valence-corrected chi connectivity index (χ2v) is 4.25. The Labute approximate surface area is 101 Å². The van der Waals surface area contributed by atoms with Crippen LogP contribution in [0.3, 0.4) is 0 Å². The molecular weight excluding hydrogens is 242 g/mol. The minimum absolute atomic E-state index is 0.217. The van der Waals surface area contributed by atoms with Gasteiger partial charge in [0.1, 0.15) is 5.56 Å². The topological polar surface area (TPSA) is 125 Å². The van der Waals surface area contributed by atoms with Gasteiger partial charge in [0, 0.05) is 6.07 Å². The Bertz CT molecular complexity index is 561. The predicted molar refractivity (Wildman–Crippen MR) is 60.2 cm³/mol. The van der Waals surface area contributed by atoms with Crippen molar-refractivity contribution in [2.75, 3.05) is 6.61 Å². The molecule has 1 saturated carbocycles. The summed E-state index contributed by atoms with van der Waals surface area (Å²) in [5.41, 5.74) is -2.07. The number of H-pyrrole nitrogens is 1. The molecule has 8 nitrogen and oxygen atoms in total. The van der Waals surface area contributed by atoms with E-state index in [1.165, 1.54) is 0 Å². The molecule has 1 aliphatic rings. The van der Waals surface area contributed by atoms with Gasteiger partial charge in [0.15, 0.2) is 0 Å². The number of nitrogens with zero attached hydrogens (tertiary/aromatic N) is 1. The summed E-state index contributed by atoms with van der Waals surface area (Å²) in [5.74, 6) is -0.716. The van der Waals surface area contributed by atoms with E-state index in [4.69, 9.17) is 5.11 Å². The van der Waals surface area contributed by atoms with E-state index in [2.05, 4.69) is 10.3 Å². The maximum atomic E-state index is 11.8. The number of pyridine rings is 1. The largest absolute Gasteiger partial charge is 0.394 e. The third-order valence-electron chi connectivity index (χ3n) is 2.88. The van der Waals surface area contributed by atoms with Gasteiger partial charge in [-0.1, -0.05) is 0 Å². The molecule has 0 atom stereocenters. The molecule has 96 valence electrons. The number of rotatable bonds is 4. The Morgan fingerprint density at radius 1 is 1.61 bits per heavy atom. The average Bonchev–Trinajstić information content (AvgIpc) is 3.09. The molecule has 1 heterocycles. The number of nitrogens with one attached hydrogen (secondary N) is 2. The Morgan fingerprint density at radius 3 is 2.78 bits per heavy atom. The number of hydrogen-bond donors (Lipinski definition) is 3. The van der Waals surface area contributed by atoms with Crippen LogP contribution < -0.4 is 10.9 Å². The summed E-state index contributed by atoms with van der Waals surface area (Å²) in [5, 5.41) is 22.1. The number of carbonyl (C=O) groups is 1. The number of amides is 1. The van der Waals surface area contributed by atoms with E-state index in [-0.39, 0.29) is 17.9 Å². The van der Waals surface area contributed by atoms with Crippen LogP contribution in [0, 0.1) is 10.1 Å². The third kappa shape index (κ3) is 2.23. The molecular formula is C10H11N3O5. The first kappa shape index (κ1) is 12.2. The van der Waals surface area contributed by atoms with Crippen molar-refractivity contribution >= 4 is 11.6 Å². The molecule has 3 N–H and O–H groups in total. The van der Waals surface area contributed by atoms with Gasteiger partial charge in [-0.2, -0.15) is 0 Å². The summed E-state index contributed by atoms with van der Waals surface area (Å²) in [7, 11) is 0. The number of aliphatic hydroxyl groups excluding tert-OH is 1. The zero-order valence-corrected chi connectivity index (χ0v) is 9.30. The number of aromatic nitrogens is 1. The summed E-state index contributed by atoms with van der Waals surface area (Å²) >= 11 is 0. The van der Waals surface area contributed by atoms with Crippen molar-refractivity contribution in [2.24, 2.45) is 0 Å². The standard InChI is InChI=1S/C10H11N3O5/c14-5-10(1-2-10)12-9(16)7-3-6(13(17)18)4-11-8(7)15/h3-4,14H,1-2,5H2,(H,11,15)(H,12,16). The third-order valence-corrected chi connectivity index (χ3v) is 2.88. The van der Waals surface area contributed by atoms with Crippen molar-refractivity contribution in [1.82, 2.24) is 10.3 Å². The van der Waals surface area contributed by atoms with Gasteiger partial charge in [0.05, 0.1) is 23.3 Å². The summed E-state index contributed by atoms with van der Waals surface area (Å²) in [4.78, 5) is 35.2. The van der Waals surface area contributed by atoms with E-state index in [0.717, 1.165) is 12.3 Å². The van der Waals surface area contributed by atoms with Gasteiger partial charge in [-0.25, -0.2) is 0 Å². The highest BCUT2D eigenvalue weighted by Crippen LogP contribution is 2.34. The van der Waals surface area contributed by atoms with Gasteiger partial charge in [-0.15, -0.1) is 0 Å². The van der Waals surface area contributed by atoms with Gasteiger partial charge in [0.2, 0.25) is 0 Å². The van der Waals surface area contributed by atoms with Gasteiger partial charge in [-0.05, 0) is 12.8 Å². The van der Waals surface area contributed by atoms with Crippen molar-refractivity contribution in [3.63, 3.8) is 0 Å². The number of nitro groups is 1. The quantitative estimate of drug-likeness (QED) is 0.494. The van der Waals surface area contributed by atoms with Crippen LogP contribution in [0.1, 0.15) is 23.2 Å². The summed E-state index contributed by atoms with van der Waals surface area (Å²) < 4.78 is 0. The molecule has 0 radical (unpaired) electrons. The SMILES string of the molecule is O=C(NC1(CO)CC1)c1cc([N+](=O)[O-])c[nH]c1=O. The van der Waals surface area contributed by atoms with Crippen LogP contribution in [-0.2, 0) is 0 Å². The maximum absolute atomic E-state index is 11.8. The molecule has 0 aliphatic heterocycles. The summed E-state index contributed by atoms with van der Waals surface area (Å²) in [6.45, 7) is -0.217. The Balaban J connectivity index is 2.27. The van der Waals surface area contributed by atoms with Crippen LogP contribution in [0.25, 0.3) is 0 Å². The minimum atomic E-state index is -0.716. The fourth-order valence-electron chi connectivity index (χ4n) is 1.53. The van der Waals surface area contributed by atoms with Crippen molar-refractivity contribution in [3.05, 3.63) is 38.3 Å². The molecule has 2 rings (SSSR count). The molecule has 0 spiro atoms. The second kappa shape index (κ2) is 4.22. The molecule has 8 heteroatoms. The monoisotopic (exact) mass is 253 g/mol. The molecule has 0 bridgehead atoms. The van der Waals surface area contributed by atoms with Crippen molar-refractivity contribution < 1.29 is 14.8 Å². The second-order valence-electron chi connectivity index (χ2n) is 4.25. The smallest absolute Gasteiger partial charge is 0.286 e. The first-order valence-electron chi connectivity index (χ1n) is 5.28. The Hall–Kier alpha value is -2.22. The van der Waals surface area contributed by atoms with Crippen molar-refractivity contribution in [1.29, 1.82) is 0 Å². The number of hydrogen-bond acceptors (Lipinski definition) is 5. The number of carbonyl (C=O) groups excluding carboxylic acids is 1. The lowest BCUT2D eigenvalue weighted by Crippen LogP contribution is -2.41. The molecule has 18 heavy (non-hydrogen) atoms. The molecule has 1 aromatic rings. The summed E-state index contributed by atoms with van der Waals surface area (Å²) in [6, 6.07) is 0.918. The van der Waals surface area contributed by atoms with Crippen LogP contribution >= 0.6 is 0 Å². The Kier molecular flexibility index (Phi) is 2.87. The highest BCUT2D eigenvalue weighted by atomic mass is 16.6. The lowest BCUT2D eigenvalue weighted by molar-refractivity contribution is -0.385. The lowest BCUT2D eigenvalue weighted by atomic mass is 10.2. The van der Waals surface area contributed by atoms with Crippen LogP contribution in [0.4, 0.5) is 5.69 Å². The molecule has 1 aliphatic carbocycles. The van der Waals surface area contributed by atoms with E-state index in [0.29, 0.717) is 12.8 Å². The van der Waals surface area contributed by atoms with E-state index in [1.807, 2.05) is 0 Å². The Morgan fingerprint density at radius 2 is 2.28 bits per heavy atom. The molecule has 1 amide bonds. The number of aromatic amines is 1. The van der Waals surface area contributed by atoms with Gasteiger partial charge >= 0.3 is 0 Å². The maximum Gasteiger partial charge on any atom is 0.286 e. The predicted octanol–water partition coefficient (Wildman–Crippen LogP) is -0.462. The first-order chi connectivity index (χ1) is 8.47. The van der Waals surface area contributed by atoms with Crippen LogP contribution in [0.15, 0.2) is 17.1 Å². The molecule has 0 aromatic carbocycles. The van der Waals surface area contributed by atoms with Gasteiger partial charge in [-0.3, -0.25) is 19.7 Å². The minimum Gasteiger partial charge on any atom is -0.394 e. The fraction of sp³-hybridized carbons (Fsp3) is 0.400. The van der Waals surface area contributed by atoms with E-state index in [9.17, 15) is 19.7 Å². The highest BCUT2D eigenvalue weighted by Gasteiger charge is 2.43. The molecule has 0 saturated heterocycles. The zero-order chi connectivity index (χ0) is 13.3. The average molecular weight is 253 g/mol. The molecule has 1 fully saturated rings. The molecule has 0 unspecified atom stereocenters. The zero-order valence-electron chi connectivity index (χ0n) is 9.30. The number of aliphatic hydroxyl groups is 1. The van der Waals surface area contributed by atoms with Crippen molar-refractivity contribution in [3.8, 4) is 0 Å². The lowest BCUT2D eigenvalue weighted by Gasteiger charge is -2.13. The van der Waals surface area contributed by atoms with Gasteiger partial charge < -0.3 is 15.4 Å². The molecule has 1 aromatic heterocycles. The van der Waals surface area contributed by atoms with Crippen LogP contribution in [0.5, 0.6) is 0 Å². The van der Waals surface area contributed by atoms with Gasteiger partial charge in [0.25, 0.3) is 17.2 Å².